The zero-order valence-corrected chi connectivity index (χ0v) is 22.2. The molecule has 1 aliphatic rings. The molecular formula is C36H30NP. The Kier molecular flexibility index (Phi) is 6.05. The molecule has 2 heteroatoms. The number of rotatable bonds is 4. The molecule has 0 aromatic heterocycles. The topological polar surface area (TPSA) is 26.0 Å². The van der Waals surface area contributed by atoms with Gasteiger partial charge in [-0.1, -0.05) is 141 Å². The van der Waals surface area contributed by atoms with Gasteiger partial charge in [0.2, 0.25) is 0 Å². The average Bonchev–Trinajstić information content (AvgIpc) is 3.15. The molecule has 2 N–H and O–H groups in total. The molecule has 0 aliphatic carbocycles. The van der Waals surface area contributed by atoms with Crippen molar-refractivity contribution in [1.82, 2.24) is 0 Å². The Bertz CT molecular complexity index is 1660. The van der Waals surface area contributed by atoms with Crippen molar-refractivity contribution in [3.63, 3.8) is 0 Å². The van der Waals surface area contributed by atoms with E-state index in [1.54, 1.807) is 0 Å². The summed E-state index contributed by atoms with van der Waals surface area (Å²) in [5, 5.41) is 5.31. The molecule has 0 unspecified atom stereocenters. The van der Waals surface area contributed by atoms with E-state index < -0.39 is 7.92 Å². The lowest BCUT2D eigenvalue weighted by Crippen LogP contribution is -2.20. The van der Waals surface area contributed by atoms with Crippen molar-refractivity contribution in [3.05, 3.63) is 156 Å². The van der Waals surface area contributed by atoms with E-state index in [1.165, 1.54) is 54.9 Å². The standard InChI is InChI=1S/C36H30NP/c37-35(27-13-3-1-4-14-27)36(28-15-5-2-6-16-28)38-23-29-21-19-25-11-7-9-17-31(25)33(29)34-30(24-38)22-20-26-12-8-10-18-32(26)34/h1-22,35-36H,23-24,37H2/t35-,36-/m1/s1. The van der Waals surface area contributed by atoms with Crippen LogP contribution in [0.4, 0.5) is 0 Å². The van der Waals surface area contributed by atoms with Crippen LogP contribution >= 0.6 is 7.92 Å². The van der Waals surface area contributed by atoms with Crippen LogP contribution in [0.15, 0.2) is 133 Å². The first-order chi connectivity index (χ1) is 18.8. The van der Waals surface area contributed by atoms with Gasteiger partial charge in [-0.2, -0.15) is 0 Å². The van der Waals surface area contributed by atoms with E-state index in [4.69, 9.17) is 5.73 Å². The summed E-state index contributed by atoms with van der Waals surface area (Å²) in [5.74, 6) is 0. The van der Waals surface area contributed by atoms with Gasteiger partial charge in [0.25, 0.3) is 0 Å². The van der Waals surface area contributed by atoms with E-state index in [0.29, 0.717) is 0 Å². The predicted molar refractivity (Wildman–Crippen MR) is 164 cm³/mol. The Labute approximate surface area is 225 Å². The Morgan fingerprint density at radius 3 is 1.45 bits per heavy atom. The number of hydrogen-bond acceptors (Lipinski definition) is 1. The van der Waals surface area contributed by atoms with Gasteiger partial charge in [0.05, 0.1) is 0 Å². The molecule has 0 radical (unpaired) electrons. The van der Waals surface area contributed by atoms with Gasteiger partial charge in [-0.3, -0.25) is 0 Å². The molecule has 6 aromatic rings. The summed E-state index contributed by atoms with van der Waals surface area (Å²) >= 11 is 0. The van der Waals surface area contributed by atoms with Crippen molar-refractivity contribution < 1.29 is 0 Å². The van der Waals surface area contributed by atoms with Crippen molar-refractivity contribution in [1.29, 1.82) is 0 Å². The van der Waals surface area contributed by atoms with Crippen LogP contribution in [0.1, 0.15) is 34.0 Å². The van der Waals surface area contributed by atoms with Crippen LogP contribution in [0.25, 0.3) is 32.7 Å². The fourth-order valence-corrected chi connectivity index (χ4v) is 9.46. The summed E-state index contributed by atoms with van der Waals surface area (Å²) in [6.07, 6.45) is 2.11. The molecule has 1 aliphatic heterocycles. The lowest BCUT2D eigenvalue weighted by atomic mass is 9.88. The molecule has 0 bridgehead atoms. The lowest BCUT2D eigenvalue weighted by molar-refractivity contribution is 0.693. The summed E-state index contributed by atoms with van der Waals surface area (Å²) in [5.41, 5.74) is 15.7. The highest BCUT2D eigenvalue weighted by Crippen LogP contribution is 2.63. The lowest BCUT2D eigenvalue weighted by Gasteiger charge is -2.33. The first kappa shape index (κ1) is 23.4. The molecule has 0 amide bonds. The Morgan fingerprint density at radius 2 is 0.921 bits per heavy atom. The number of nitrogens with two attached hydrogens (primary N) is 1. The zero-order chi connectivity index (χ0) is 25.5. The molecule has 7 rings (SSSR count). The number of benzene rings is 6. The first-order valence-electron chi connectivity index (χ1n) is 13.4. The molecule has 0 saturated carbocycles. The molecule has 0 saturated heterocycles. The van der Waals surface area contributed by atoms with Gasteiger partial charge in [-0.25, -0.2) is 0 Å². The van der Waals surface area contributed by atoms with Gasteiger partial charge < -0.3 is 5.73 Å². The quantitative estimate of drug-likeness (QED) is 0.236. The molecule has 38 heavy (non-hydrogen) atoms. The highest BCUT2D eigenvalue weighted by molar-refractivity contribution is 7.56. The molecule has 184 valence electrons. The Hall–Kier alpha value is -3.77. The molecule has 2 atom stereocenters. The van der Waals surface area contributed by atoms with E-state index in [-0.39, 0.29) is 11.7 Å². The normalized spacial score (nSPS) is 15.0. The van der Waals surface area contributed by atoms with E-state index in [9.17, 15) is 0 Å². The van der Waals surface area contributed by atoms with Crippen molar-refractivity contribution >= 4 is 29.5 Å². The van der Waals surface area contributed by atoms with Crippen molar-refractivity contribution in [2.24, 2.45) is 5.73 Å². The number of hydrogen-bond donors (Lipinski definition) is 1. The third-order valence-corrected chi connectivity index (χ3v) is 11.0. The summed E-state index contributed by atoms with van der Waals surface area (Å²) in [7, 11) is -0.510. The summed E-state index contributed by atoms with van der Waals surface area (Å²) < 4.78 is 0. The van der Waals surface area contributed by atoms with E-state index in [0.717, 1.165) is 12.3 Å². The molecular weight excluding hydrogens is 477 g/mol. The highest BCUT2D eigenvalue weighted by Gasteiger charge is 2.33. The first-order valence-corrected chi connectivity index (χ1v) is 15.2. The van der Waals surface area contributed by atoms with E-state index in [2.05, 4.69) is 133 Å². The smallest absolute Gasteiger partial charge is 0.0404 e. The average molecular weight is 508 g/mol. The molecule has 0 spiro atoms. The Morgan fingerprint density at radius 1 is 0.474 bits per heavy atom. The minimum atomic E-state index is -0.510. The van der Waals surface area contributed by atoms with Crippen LogP contribution in [0.3, 0.4) is 0 Å². The van der Waals surface area contributed by atoms with Crippen LogP contribution in [-0.2, 0) is 12.3 Å². The molecule has 1 nitrogen and oxygen atoms in total. The van der Waals surface area contributed by atoms with Gasteiger partial charge in [-0.15, -0.1) is 0 Å². The van der Waals surface area contributed by atoms with Gasteiger partial charge in [-0.05, 0) is 67.2 Å². The summed E-state index contributed by atoms with van der Waals surface area (Å²) in [6, 6.07) is 48.8. The second-order valence-electron chi connectivity index (χ2n) is 10.3. The van der Waals surface area contributed by atoms with Gasteiger partial charge in [0.1, 0.15) is 0 Å². The fourth-order valence-electron chi connectivity index (χ4n) is 6.33. The minimum Gasteiger partial charge on any atom is -0.323 e. The minimum absolute atomic E-state index is 0.0596. The zero-order valence-electron chi connectivity index (χ0n) is 21.3. The SMILES string of the molecule is N[C@H](c1ccccc1)[C@@H](c1ccccc1)P1Cc2ccc3ccccc3c2-c2c(ccc3ccccc23)C1. The van der Waals surface area contributed by atoms with Gasteiger partial charge >= 0.3 is 0 Å². The second kappa shape index (κ2) is 9.84. The van der Waals surface area contributed by atoms with Gasteiger partial charge in [0, 0.05) is 11.7 Å². The number of fused-ring (bicyclic) bond motifs is 7. The Balaban J connectivity index is 1.48. The van der Waals surface area contributed by atoms with Crippen molar-refractivity contribution in [2.45, 2.75) is 24.0 Å². The van der Waals surface area contributed by atoms with Crippen LogP contribution in [-0.4, -0.2) is 0 Å². The maximum atomic E-state index is 7.19. The van der Waals surface area contributed by atoms with E-state index in [1.807, 2.05) is 0 Å². The van der Waals surface area contributed by atoms with Crippen molar-refractivity contribution in [3.8, 4) is 11.1 Å². The summed E-state index contributed by atoms with van der Waals surface area (Å²) in [6.45, 7) is 0. The van der Waals surface area contributed by atoms with Crippen LogP contribution in [0.2, 0.25) is 0 Å². The second-order valence-corrected chi connectivity index (χ2v) is 12.7. The largest absolute Gasteiger partial charge is 0.323 e. The maximum absolute atomic E-state index is 7.19. The third-order valence-electron chi connectivity index (χ3n) is 8.09. The maximum Gasteiger partial charge on any atom is 0.0404 e. The highest BCUT2D eigenvalue weighted by atomic mass is 31.1. The predicted octanol–water partition coefficient (Wildman–Crippen LogP) is 9.60. The monoisotopic (exact) mass is 507 g/mol. The molecule has 6 aromatic carbocycles. The van der Waals surface area contributed by atoms with Crippen molar-refractivity contribution in [2.75, 3.05) is 0 Å². The van der Waals surface area contributed by atoms with Crippen LogP contribution < -0.4 is 5.73 Å². The fraction of sp³-hybridized carbons (Fsp3) is 0.111. The van der Waals surface area contributed by atoms with Crippen LogP contribution in [0.5, 0.6) is 0 Å². The molecule has 0 fully saturated rings. The van der Waals surface area contributed by atoms with E-state index >= 15 is 0 Å². The third kappa shape index (κ3) is 4.04. The molecule has 1 heterocycles. The van der Waals surface area contributed by atoms with Crippen LogP contribution in [0, 0.1) is 0 Å². The summed E-state index contributed by atoms with van der Waals surface area (Å²) in [4.78, 5) is 0. The van der Waals surface area contributed by atoms with Gasteiger partial charge in [0.15, 0.2) is 0 Å².